The van der Waals surface area contributed by atoms with Gasteiger partial charge < -0.3 is 10.6 Å². The molecule has 1 fully saturated rings. The van der Waals surface area contributed by atoms with Gasteiger partial charge in [0, 0.05) is 10.5 Å². The summed E-state index contributed by atoms with van der Waals surface area (Å²) in [6.45, 7) is 2.25. The van der Waals surface area contributed by atoms with Gasteiger partial charge in [-0.2, -0.15) is 0 Å². The van der Waals surface area contributed by atoms with Crippen LogP contribution >= 0.6 is 15.9 Å². The number of anilines is 1. The van der Waals surface area contributed by atoms with Crippen molar-refractivity contribution >= 4 is 27.5 Å². The molecule has 0 aliphatic carbocycles. The van der Waals surface area contributed by atoms with Crippen LogP contribution in [0.15, 0.2) is 22.7 Å². The van der Waals surface area contributed by atoms with Crippen LogP contribution in [-0.4, -0.2) is 43.5 Å². The maximum Gasteiger partial charge on any atom is 0.238 e. The summed E-state index contributed by atoms with van der Waals surface area (Å²) in [5.41, 5.74) is 0.219. The molecule has 0 saturated carbocycles. The maximum atomic E-state index is 13.6. The molecule has 0 radical (unpaired) electrons. The molecule has 20 heavy (non-hydrogen) atoms. The third-order valence-corrected chi connectivity index (χ3v) is 4.02. The van der Waals surface area contributed by atoms with E-state index < -0.39 is 5.82 Å². The number of likely N-dealkylation sites (N-methyl/N-ethyl adjacent to an activating group) is 1. The zero-order chi connectivity index (χ0) is 14.5. The van der Waals surface area contributed by atoms with Crippen LogP contribution in [0, 0.1) is 5.82 Å². The molecule has 0 aromatic heterocycles. The Morgan fingerprint density at radius 1 is 1.50 bits per heavy atom. The first-order chi connectivity index (χ1) is 9.56. The monoisotopic (exact) mass is 343 g/mol. The molecule has 6 heteroatoms. The van der Waals surface area contributed by atoms with Crippen LogP contribution < -0.4 is 10.6 Å². The second kappa shape index (κ2) is 7.15. The molecular formula is C14H19BrFN3O. The molecule has 0 atom stereocenters. The lowest BCUT2D eigenvalue weighted by Gasteiger charge is -2.31. The first-order valence-corrected chi connectivity index (χ1v) is 7.51. The van der Waals surface area contributed by atoms with E-state index in [9.17, 15) is 9.18 Å². The highest BCUT2D eigenvalue weighted by atomic mass is 79.9. The highest BCUT2D eigenvalue weighted by molar-refractivity contribution is 9.10. The second-order valence-corrected chi connectivity index (χ2v) is 5.98. The van der Waals surface area contributed by atoms with E-state index in [1.54, 1.807) is 12.1 Å². The van der Waals surface area contributed by atoms with E-state index in [0.29, 0.717) is 10.5 Å². The standard InChI is InChI=1S/C14H19BrFN3O/c1-19(11-4-6-17-7-5-11)9-14(20)18-13-3-2-10(15)8-12(13)16/h2-3,8,11,17H,4-7,9H2,1H3,(H,18,20). The molecule has 1 aliphatic rings. The molecular weight excluding hydrogens is 325 g/mol. The Labute approximate surface area is 126 Å². The average Bonchev–Trinajstić information content (AvgIpc) is 2.43. The Hall–Kier alpha value is -0.980. The molecule has 2 rings (SSSR count). The Morgan fingerprint density at radius 3 is 2.85 bits per heavy atom. The third kappa shape index (κ3) is 4.26. The lowest BCUT2D eigenvalue weighted by atomic mass is 10.1. The van der Waals surface area contributed by atoms with Crippen molar-refractivity contribution in [2.45, 2.75) is 18.9 Å². The van der Waals surface area contributed by atoms with Crippen LogP contribution in [-0.2, 0) is 4.79 Å². The molecule has 1 aromatic rings. The predicted octanol–water partition coefficient (Wildman–Crippen LogP) is 2.21. The smallest absolute Gasteiger partial charge is 0.238 e. The number of carbonyl (C=O) groups excluding carboxylic acids is 1. The first kappa shape index (κ1) is 15.4. The van der Waals surface area contributed by atoms with Gasteiger partial charge >= 0.3 is 0 Å². The van der Waals surface area contributed by atoms with Crippen molar-refractivity contribution in [3.05, 3.63) is 28.5 Å². The van der Waals surface area contributed by atoms with Crippen molar-refractivity contribution < 1.29 is 9.18 Å². The quantitative estimate of drug-likeness (QED) is 0.880. The summed E-state index contributed by atoms with van der Waals surface area (Å²) in [7, 11) is 1.94. The van der Waals surface area contributed by atoms with E-state index in [1.165, 1.54) is 6.07 Å². The molecule has 0 spiro atoms. The molecule has 0 unspecified atom stereocenters. The van der Waals surface area contributed by atoms with E-state index in [2.05, 4.69) is 26.6 Å². The number of carbonyl (C=O) groups is 1. The summed E-state index contributed by atoms with van der Waals surface area (Å²) in [5, 5.41) is 5.91. The van der Waals surface area contributed by atoms with E-state index >= 15 is 0 Å². The fourth-order valence-corrected chi connectivity index (χ4v) is 2.72. The zero-order valence-corrected chi connectivity index (χ0v) is 13.0. The Morgan fingerprint density at radius 2 is 2.20 bits per heavy atom. The summed E-state index contributed by atoms with van der Waals surface area (Å²) in [4.78, 5) is 14.0. The van der Waals surface area contributed by atoms with E-state index in [1.807, 2.05) is 11.9 Å². The Balaban J connectivity index is 1.88. The van der Waals surface area contributed by atoms with Gasteiger partial charge in [0.25, 0.3) is 0 Å². The SMILES string of the molecule is CN(CC(=O)Nc1ccc(Br)cc1F)C1CCNCC1. The van der Waals surface area contributed by atoms with Crippen molar-refractivity contribution in [2.75, 3.05) is 32.0 Å². The van der Waals surface area contributed by atoms with Gasteiger partial charge in [-0.3, -0.25) is 9.69 Å². The van der Waals surface area contributed by atoms with Gasteiger partial charge in [-0.05, 0) is 51.2 Å². The Bertz CT molecular complexity index is 477. The van der Waals surface area contributed by atoms with Crippen LogP contribution in [0.1, 0.15) is 12.8 Å². The number of halogens is 2. The summed E-state index contributed by atoms with van der Waals surface area (Å²) in [6, 6.07) is 5.01. The van der Waals surface area contributed by atoms with Crippen molar-refractivity contribution in [1.29, 1.82) is 0 Å². The highest BCUT2D eigenvalue weighted by Crippen LogP contribution is 2.19. The van der Waals surface area contributed by atoms with Crippen LogP contribution in [0.2, 0.25) is 0 Å². The van der Waals surface area contributed by atoms with Gasteiger partial charge in [-0.1, -0.05) is 15.9 Å². The molecule has 1 amide bonds. The number of hydrogen-bond donors (Lipinski definition) is 2. The number of nitrogens with zero attached hydrogens (tertiary/aromatic N) is 1. The summed E-state index contributed by atoms with van der Waals surface area (Å²) >= 11 is 3.19. The van der Waals surface area contributed by atoms with Gasteiger partial charge in [0.05, 0.1) is 12.2 Å². The second-order valence-electron chi connectivity index (χ2n) is 5.07. The van der Waals surface area contributed by atoms with Gasteiger partial charge in [0.2, 0.25) is 5.91 Å². The fourth-order valence-electron chi connectivity index (χ4n) is 2.38. The molecule has 2 N–H and O–H groups in total. The van der Waals surface area contributed by atoms with Crippen molar-refractivity contribution in [1.82, 2.24) is 10.2 Å². The summed E-state index contributed by atoms with van der Waals surface area (Å²) < 4.78 is 14.3. The maximum absolute atomic E-state index is 13.6. The minimum absolute atomic E-state index is 0.188. The van der Waals surface area contributed by atoms with Gasteiger partial charge in [0.15, 0.2) is 0 Å². The molecule has 1 aliphatic heterocycles. The molecule has 1 heterocycles. The van der Waals surface area contributed by atoms with Crippen LogP contribution in [0.3, 0.4) is 0 Å². The number of hydrogen-bond acceptors (Lipinski definition) is 3. The zero-order valence-electron chi connectivity index (χ0n) is 11.5. The molecule has 1 aromatic carbocycles. The fraction of sp³-hybridized carbons (Fsp3) is 0.500. The summed E-state index contributed by atoms with van der Waals surface area (Å²) in [6.07, 6.45) is 2.08. The van der Waals surface area contributed by atoms with Crippen molar-refractivity contribution in [2.24, 2.45) is 0 Å². The highest BCUT2D eigenvalue weighted by Gasteiger charge is 2.19. The average molecular weight is 344 g/mol. The number of rotatable bonds is 4. The first-order valence-electron chi connectivity index (χ1n) is 6.72. The normalized spacial score (nSPS) is 16.4. The predicted molar refractivity (Wildman–Crippen MR) is 81.3 cm³/mol. The minimum Gasteiger partial charge on any atom is -0.322 e. The number of amides is 1. The third-order valence-electron chi connectivity index (χ3n) is 3.53. The van der Waals surface area contributed by atoms with Gasteiger partial charge in [-0.15, -0.1) is 0 Å². The van der Waals surface area contributed by atoms with E-state index in [4.69, 9.17) is 0 Å². The van der Waals surface area contributed by atoms with Crippen molar-refractivity contribution in [3.63, 3.8) is 0 Å². The number of piperidine rings is 1. The molecule has 110 valence electrons. The lowest BCUT2D eigenvalue weighted by Crippen LogP contribution is -2.44. The van der Waals surface area contributed by atoms with Gasteiger partial charge in [0.1, 0.15) is 5.82 Å². The van der Waals surface area contributed by atoms with Crippen LogP contribution in [0.5, 0.6) is 0 Å². The van der Waals surface area contributed by atoms with Crippen LogP contribution in [0.4, 0.5) is 10.1 Å². The molecule has 0 bridgehead atoms. The molecule has 1 saturated heterocycles. The van der Waals surface area contributed by atoms with E-state index in [-0.39, 0.29) is 18.1 Å². The minimum atomic E-state index is -0.433. The summed E-state index contributed by atoms with van der Waals surface area (Å²) in [5.74, 6) is -0.621. The largest absolute Gasteiger partial charge is 0.322 e. The number of benzene rings is 1. The van der Waals surface area contributed by atoms with Gasteiger partial charge in [-0.25, -0.2) is 4.39 Å². The lowest BCUT2D eigenvalue weighted by molar-refractivity contribution is -0.117. The van der Waals surface area contributed by atoms with E-state index in [0.717, 1.165) is 25.9 Å². The van der Waals surface area contributed by atoms with Crippen LogP contribution in [0.25, 0.3) is 0 Å². The Kier molecular flexibility index (Phi) is 5.51. The molecule has 4 nitrogen and oxygen atoms in total. The number of nitrogens with one attached hydrogen (secondary N) is 2. The topological polar surface area (TPSA) is 44.4 Å². The van der Waals surface area contributed by atoms with Crippen molar-refractivity contribution in [3.8, 4) is 0 Å².